The second-order valence-corrected chi connectivity index (χ2v) is 8.10. The van der Waals surface area contributed by atoms with Crippen molar-refractivity contribution in [1.29, 1.82) is 0 Å². The largest absolute Gasteiger partial charge is 0.507 e. The van der Waals surface area contributed by atoms with Crippen molar-refractivity contribution < 1.29 is 24.2 Å². The summed E-state index contributed by atoms with van der Waals surface area (Å²) in [4.78, 5) is 39.7. The van der Waals surface area contributed by atoms with E-state index in [0.717, 1.165) is 11.1 Å². The predicted octanol–water partition coefficient (Wildman–Crippen LogP) is 3.91. The number of amides is 1. The average Bonchev–Trinajstić information content (AvgIpc) is 3.41. The molecule has 0 bridgehead atoms. The molecule has 2 aromatic heterocycles. The molecular formula is C26H22N4O5. The summed E-state index contributed by atoms with van der Waals surface area (Å²) in [7, 11) is 2.96. The van der Waals surface area contributed by atoms with Gasteiger partial charge in [0.2, 0.25) is 5.95 Å². The number of nitrogens with zero attached hydrogens (tertiary/aromatic N) is 3. The summed E-state index contributed by atoms with van der Waals surface area (Å²) >= 11 is 0. The number of Topliss-reactive ketones (excluding diaryl/α,β-unsaturated/α-hetero) is 1. The van der Waals surface area contributed by atoms with Crippen LogP contribution in [0.2, 0.25) is 0 Å². The van der Waals surface area contributed by atoms with Crippen LogP contribution in [0.1, 0.15) is 22.7 Å². The maximum atomic E-state index is 13.3. The number of aryl methyl sites for hydroxylation is 1. The number of aliphatic hydroxyl groups is 1. The first kappa shape index (κ1) is 22.1. The molecule has 1 saturated heterocycles. The van der Waals surface area contributed by atoms with Crippen LogP contribution in [0.15, 0.2) is 66.5 Å². The van der Waals surface area contributed by atoms with Crippen molar-refractivity contribution in [1.82, 2.24) is 15.0 Å². The molecule has 176 valence electrons. The normalized spacial score (nSPS) is 17.2. The molecule has 3 heterocycles. The first-order chi connectivity index (χ1) is 16.9. The number of nitrogens with one attached hydrogen (secondary N) is 1. The van der Waals surface area contributed by atoms with Crippen LogP contribution in [-0.4, -0.2) is 46.0 Å². The fraction of sp³-hybridized carbons (Fsp3) is 0.154. The number of ketones is 1. The fourth-order valence-electron chi connectivity index (χ4n) is 4.28. The van der Waals surface area contributed by atoms with Gasteiger partial charge in [-0.25, -0.2) is 4.98 Å². The third-order valence-electron chi connectivity index (χ3n) is 5.98. The van der Waals surface area contributed by atoms with Gasteiger partial charge in [-0.3, -0.25) is 19.5 Å². The van der Waals surface area contributed by atoms with Gasteiger partial charge in [-0.2, -0.15) is 0 Å². The highest BCUT2D eigenvalue weighted by molar-refractivity contribution is 6.51. The molecule has 0 spiro atoms. The lowest BCUT2D eigenvalue weighted by molar-refractivity contribution is -0.132. The first-order valence-corrected chi connectivity index (χ1v) is 10.8. The minimum Gasteiger partial charge on any atom is -0.507 e. The second kappa shape index (κ2) is 8.60. The zero-order valence-corrected chi connectivity index (χ0v) is 19.3. The number of benzene rings is 2. The standard InChI is InChI=1S/C26H22N4O5/c1-14-4-7-18-19(12-14)29-26(28-18)30-22(15-8-10-27-11-9-15)21(24(32)25(30)33)23(31)17-6-5-16(34-2)13-20(17)35-3/h4-13,22,31H,1-3H3,(H,28,29)/b23-21+. The highest BCUT2D eigenvalue weighted by Gasteiger charge is 2.48. The molecule has 1 unspecified atom stereocenters. The SMILES string of the molecule is COc1ccc(/C(O)=C2\C(=O)C(=O)N(c3nc4ccc(C)cc4[nH]3)C2c2ccncc2)c(OC)c1. The van der Waals surface area contributed by atoms with Gasteiger partial charge < -0.3 is 19.6 Å². The summed E-state index contributed by atoms with van der Waals surface area (Å²) in [5.41, 5.74) is 3.16. The van der Waals surface area contributed by atoms with Gasteiger partial charge in [0.1, 0.15) is 17.3 Å². The molecule has 9 heteroatoms. The van der Waals surface area contributed by atoms with Gasteiger partial charge in [-0.05, 0) is 54.4 Å². The number of carbonyl (C=O) groups excluding carboxylic acids is 2. The lowest BCUT2D eigenvalue weighted by Crippen LogP contribution is -2.30. The van der Waals surface area contributed by atoms with Crippen molar-refractivity contribution in [3.63, 3.8) is 0 Å². The number of H-pyrrole nitrogens is 1. The Bertz CT molecular complexity index is 1490. The Morgan fingerprint density at radius 1 is 1.03 bits per heavy atom. The van der Waals surface area contributed by atoms with Crippen molar-refractivity contribution in [3.05, 3.63) is 83.2 Å². The van der Waals surface area contributed by atoms with E-state index in [2.05, 4.69) is 15.0 Å². The summed E-state index contributed by atoms with van der Waals surface area (Å²) in [5, 5.41) is 11.4. The van der Waals surface area contributed by atoms with Crippen LogP contribution in [-0.2, 0) is 9.59 Å². The molecule has 0 saturated carbocycles. The van der Waals surface area contributed by atoms with Crippen molar-refractivity contribution in [3.8, 4) is 11.5 Å². The van der Waals surface area contributed by atoms with Crippen LogP contribution in [0.5, 0.6) is 11.5 Å². The quantitative estimate of drug-likeness (QED) is 0.258. The Morgan fingerprint density at radius 3 is 2.51 bits per heavy atom. The van der Waals surface area contributed by atoms with Crippen molar-refractivity contribution in [2.45, 2.75) is 13.0 Å². The third kappa shape index (κ3) is 3.67. The van der Waals surface area contributed by atoms with E-state index in [0.29, 0.717) is 22.6 Å². The van der Waals surface area contributed by atoms with E-state index >= 15 is 0 Å². The van der Waals surface area contributed by atoms with Crippen LogP contribution in [0.3, 0.4) is 0 Å². The molecule has 1 fully saturated rings. The van der Waals surface area contributed by atoms with Crippen molar-refractivity contribution >= 4 is 34.4 Å². The Morgan fingerprint density at radius 2 is 1.80 bits per heavy atom. The van der Waals surface area contributed by atoms with Crippen molar-refractivity contribution in [2.24, 2.45) is 0 Å². The summed E-state index contributed by atoms with van der Waals surface area (Å²) < 4.78 is 10.7. The zero-order chi connectivity index (χ0) is 24.7. The van der Waals surface area contributed by atoms with Crippen LogP contribution in [0.25, 0.3) is 16.8 Å². The molecule has 0 aliphatic carbocycles. The highest BCUT2D eigenvalue weighted by Crippen LogP contribution is 2.43. The molecule has 2 aromatic carbocycles. The number of aromatic nitrogens is 3. The van der Waals surface area contributed by atoms with E-state index in [9.17, 15) is 14.7 Å². The van der Waals surface area contributed by atoms with E-state index in [1.807, 2.05) is 25.1 Å². The Kier molecular flexibility index (Phi) is 5.44. The summed E-state index contributed by atoms with van der Waals surface area (Å²) in [6, 6.07) is 12.9. The molecule has 2 N–H and O–H groups in total. The molecule has 4 aromatic rings. The average molecular weight is 470 g/mol. The van der Waals surface area contributed by atoms with Crippen molar-refractivity contribution in [2.75, 3.05) is 19.1 Å². The Balaban J connectivity index is 1.73. The predicted molar refractivity (Wildman–Crippen MR) is 129 cm³/mol. The number of ether oxygens (including phenoxy) is 2. The van der Waals surface area contributed by atoms with Gasteiger partial charge in [-0.15, -0.1) is 0 Å². The van der Waals surface area contributed by atoms with E-state index in [-0.39, 0.29) is 22.8 Å². The van der Waals surface area contributed by atoms with E-state index in [1.54, 1.807) is 42.7 Å². The molecule has 5 rings (SSSR count). The first-order valence-electron chi connectivity index (χ1n) is 10.8. The monoisotopic (exact) mass is 470 g/mol. The maximum Gasteiger partial charge on any atom is 0.302 e. The molecule has 1 aliphatic heterocycles. The van der Waals surface area contributed by atoms with Gasteiger partial charge in [0.25, 0.3) is 5.78 Å². The van der Waals surface area contributed by atoms with Crippen LogP contribution in [0.4, 0.5) is 5.95 Å². The lowest BCUT2D eigenvalue weighted by atomic mass is 9.95. The number of hydrogen-bond donors (Lipinski definition) is 2. The second-order valence-electron chi connectivity index (χ2n) is 8.10. The molecule has 1 aliphatic rings. The number of anilines is 1. The van der Waals surface area contributed by atoms with Crippen LogP contribution in [0, 0.1) is 6.92 Å². The molecule has 1 amide bonds. The third-order valence-corrected chi connectivity index (χ3v) is 5.98. The van der Waals surface area contributed by atoms with Gasteiger partial charge in [0, 0.05) is 18.5 Å². The number of aromatic amines is 1. The summed E-state index contributed by atoms with van der Waals surface area (Å²) in [6.07, 6.45) is 3.12. The fourth-order valence-corrected chi connectivity index (χ4v) is 4.28. The van der Waals surface area contributed by atoms with E-state index < -0.39 is 17.7 Å². The number of methoxy groups -OCH3 is 2. The van der Waals surface area contributed by atoms with Gasteiger partial charge in [-0.1, -0.05) is 6.07 Å². The van der Waals surface area contributed by atoms with Crippen LogP contribution >= 0.6 is 0 Å². The molecule has 1 atom stereocenters. The van der Waals surface area contributed by atoms with E-state index in [1.165, 1.54) is 19.1 Å². The minimum atomic E-state index is -0.938. The topological polar surface area (TPSA) is 118 Å². The Hall–Kier alpha value is -4.66. The number of imidazole rings is 1. The van der Waals surface area contributed by atoms with Gasteiger partial charge in [0.05, 0.1) is 42.4 Å². The van der Waals surface area contributed by atoms with Crippen LogP contribution < -0.4 is 14.4 Å². The molecule has 35 heavy (non-hydrogen) atoms. The lowest BCUT2D eigenvalue weighted by Gasteiger charge is -2.23. The molecular weight excluding hydrogens is 448 g/mol. The van der Waals surface area contributed by atoms with Gasteiger partial charge in [0.15, 0.2) is 0 Å². The zero-order valence-electron chi connectivity index (χ0n) is 19.3. The smallest absolute Gasteiger partial charge is 0.302 e. The number of fused-ring (bicyclic) bond motifs is 1. The number of rotatable bonds is 5. The maximum absolute atomic E-state index is 13.3. The summed E-state index contributed by atoms with van der Waals surface area (Å²) in [6.45, 7) is 1.95. The van der Waals surface area contributed by atoms with Gasteiger partial charge >= 0.3 is 5.91 Å². The number of pyridine rings is 1. The number of aliphatic hydroxyl groups excluding tert-OH is 1. The molecule has 0 radical (unpaired) electrons. The minimum absolute atomic E-state index is 0.0821. The number of carbonyl (C=O) groups is 2. The number of hydrogen-bond acceptors (Lipinski definition) is 7. The van der Waals surface area contributed by atoms with E-state index in [4.69, 9.17) is 9.47 Å². The summed E-state index contributed by atoms with van der Waals surface area (Å²) in [5.74, 6) is -0.993. The highest BCUT2D eigenvalue weighted by atomic mass is 16.5. The Labute approximate surface area is 200 Å². The molecule has 9 nitrogen and oxygen atoms in total.